The molecule has 0 aliphatic heterocycles. The zero-order valence-corrected chi connectivity index (χ0v) is 13.7. The summed E-state index contributed by atoms with van der Waals surface area (Å²) in [7, 11) is 0. The van der Waals surface area contributed by atoms with Gasteiger partial charge in [0, 0.05) is 11.4 Å². The van der Waals surface area contributed by atoms with Crippen LogP contribution < -0.4 is 15.4 Å². The minimum absolute atomic E-state index is 0.428. The molecule has 0 atom stereocenters. The molecule has 0 bridgehead atoms. The van der Waals surface area contributed by atoms with Gasteiger partial charge in [-0.3, -0.25) is 0 Å². The molecule has 0 aliphatic rings. The van der Waals surface area contributed by atoms with Crippen LogP contribution in [-0.4, -0.2) is 21.8 Å². The van der Waals surface area contributed by atoms with E-state index in [1.165, 1.54) is 0 Å². The van der Waals surface area contributed by atoms with Crippen LogP contribution in [0.4, 0.5) is 23.1 Å². The van der Waals surface area contributed by atoms with Gasteiger partial charge in [0.2, 0.25) is 5.95 Å². The van der Waals surface area contributed by atoms with Crippen LogP contribution in [-0.2, 0) is 0 Å². The van der Waals surface area contributed by atoms with Crippen molar-refractivity contribution in [1.82, 2.24) is 15.2 Å². The van der Waals surface area contributed by atoms with Gasteiger partial charge in [-0.15, -0.1) is 5.10 Å². The average Bonchev–Trinajstić information content (AvgIpc) is 2.59. The van der Waals surface area contributed by atoms with E-state index >= 15 is 0 Å². The summed E-state index contributed by atoms with van der Waals surface area (Å²) in [4.78, 5) is 4.44. The molecule has 2 aromatic carbocycles. The third-order valence-corrected chi connectivity index (χ3v) is 3.39. The molecule has 6 nitrogen and oxygen atoms in total. The Morgan fingerprint density at radius 1 is 1.00 bits per heavy atom. The Morgan fingerprint density at radius 2 is 1.79 bits per heavy atom. The van der Waals surface area contributed by atoms with E-state index in [-0.39, 0.29) is 0 Å². The molecule has 1 aromatic heterocycles. The van der Waals surface area contributed by atoms with Crippen LogP contribution in [0.1, 0.15) is 12.5 Å². The van der Waals surface area contributed by atoms with Crippen molar-refractivity contribution in [3.8, 4) is 5.75 Å². The predicted molar refractivity (Wildman–Crippen MR) is 95.2 cm³/mol. The predicted octanol–water partition coefficient (Wildman–Crippen LogP) is 4.07. The molecule has 0 saturated carbocycles. The molecule has 0 amide bonds. The molecule has 6 heteroatoms. The number of ether oxygens (including phenoxy) is 1. The molecule has 0 radical (unpaired) electrons. The van der Waals surface area contributed by atoms with Crippen LogP contribution >= 0.6 is 0 Å². The molecule has 0 unspecified atom stereocenters. The zero-order chi connectivity index (χ0) is 16.8. The topological polar surface area (TPSA) is 72.0 Å². The van der Waals surface area contributed by atoms with Crippen molar-refractivity contribution in [2.24, 2.45) is 0 Å². The third-order valence-electron chi connectivity index (χ3n) is 3.39. The number of hydrogen-bond acceptors (Lipinski definition) is 6. The highest BCUT2D eigenvalue weighted by molar-refractivity contribution is 5.61. The Hall–Kier alpha value is -3.15. The molecular formula is C18H19N5O. The van der Waals surface area contributed by atoms with Gasteiger partial charge in [-0.25, -0.2) is 0 Å². The summed E-state index contributed by atoms with van der Waals surface area (Å²) in [5, 5.41) is 14.4. The molecule has 3 aromatic rings. The Bertz CT molecular complexity index is 805. The lowest BCUT2D eigenvalue weighted by molar-refractivity contribution is 0.340. The van der Waals surface area contributed by atoms with E-state index in [2.05, 4.69) is 25.8 Å². The van der Waals surface area contributed by atoms with Crippen molar-refractivity contribution in [3.05, 3.63) is 60.3 Å². The average molecular weight is 321 g/mol. The minimum Gasteiger partial charge on any atom is -0.494 e. The molecule has 0 saturated heterocycles. The summed E-state index contributed by atoms with van der Waals surface area (Å²) in [6.45, 7) is 4.64. The Morgan fingerprint density at radius 3 is 2.54 bits per heavy atom. The van der Waals surface area contributed by atoms with Crippen LogP contribution in [0, 0.1) is 6.92 Å². The SMILES string of the molecule is CCOc1ccc(Nc2nncc(Nc3ccccc3C)n2)cc1. The molecule has 0 aliphatic carbocycles. The Balaban J connectivity index is 1.72. The standard InChI is InChI=1S/C18H19N5O/c1-3-24-15-10-8-14(9-11-15)20-18-22-17(12-19-23-18)21-16-7-5-4-6-13(16)2/h4-12H,3H2,1-2H3,(H2,20,21,22,23). The monoisotopic (exact) mass is 321 g/mol. The van der Waals surface area contributed by atoms with E-state index < -0.39 is 0 Å². The first-order valence-electron chi connectivity index (χ1n) is 7.77. The molecule has 0 fully saturated rings. The summed E-state index contributed by atoms with van der Waals surface area (Å²) in [6.07, 6.45) is 1.59. The van der Waals surface area contributed by atoms with Crippen LogP contribution in [0.15, 0.2) is 54.7 Å². The minimum atomic E-state index is 0.428. The lowest BCUT2D eigenvalue weighted by atomic mass is 10.2. The number of rotatable bonds is 6. The van der Waals surface area contributed by atoms with Gasteiger partial charge in [-0.2, -0.15) is 10.1 Å². The second-order valence-electron chi connectivity index (χ2n) is 5.19. The molecular weight excluding hydrogens is 302 g/mol. The fourth-order valence-corrected chi connectivity index (χ4v) is 2.20. The maximum absolute atomic E-state index is 5.43. The molecule has 2 N–H and O–H groups in total. The molecule has 3 rings (SSSR count). The number of para-hydroxylation sites is 1. The zero-order valence-electron chi connectivity index (χ0n) is 13.7. The van der Waals surface area contributed by atoms with Gasteiger partial charge in [0.1, 0.15) is 5.75 Å². The second kappa shape index (κ2) is 7.41. The van der Waals surface area contributed by atoms with E-state index in [1.54, 1.807) is 6.20 Å². The summed E-state index contributed by atoms with van der Waals surface area (Å²) in [5.41, 5.74) is 3.00. The van der Waals surface area contributed by atoms with Gasteiger partial charge in [-0.1, -0.05) is 18.2 Å². The van der Waals surface area contributed by atoms with Crippen molar-refractivity contribution in [1.29, 1.82) is 0 Å². The fraction of sp³-hybridized carbons (Fsp3) is 0.167. The highest BCUT2D eigenvalue weighted by Gasteiger charge is 2.04. The number of hydrogen-bond donors (Lipinski definition) is 2. The van der Waals surface area contributed by atoms with Crippen molar-refractivity contribution < 1.29 is 4.74 Å². The fourth-order valence-electron chi connectivity index (χ4n) is 2.20. The van der Waals surface area contributed by atoms with Gasteiger partial charge in [0.25, 0.3) is 0 Å². The van der Waals surface area contributed by atoms with Crippen LogP contribution in [0.25, 0.3) is 0 Å². The first-order chi connectivity index (χ1) is 11.7. The van der Waals surface area contributed by atoms with Gasteiger partial charge in [0.05, 0.1) is 12.8 Å². The number of aryl methyl sites for hydroxylation is 1. The van der Waals surface area contributed by atoms with Crippen molar-refractivity contribution >= 4 is 23.1 Å². The van der Waals surface area contributed by atoms with E-state index in [0.717, 1.165) is 22.7 Å². The second-order valence-corrected chi connectivity index (χ2v) is 5.19. The first-order valence-corrected chi connectivity index (χ1v) is 7.77. The number of anilines is 4. The van der Waals surface area contributed by atoms with Crippen molar-refractivity contribution in [2.75, 3.05) is 17.2 Å². The highest BCUT2D eigenvalue weighted by atomic mass is 16.5. The van der Waals surface area contributed by atoms with E-state index in [1.807, 2.05) is 62.4 Å². The molecule has 0 spiro atoms. The maximum atomic E-state index is 5.43. The van der Waals surface area contributed by atoms with Crippen LogP contribution in [0.3, 0.4) is 0 Å². The maximum Gasteiger partial charge on any atom is 0.249 e. The van der Waals surface area contributed by atoms with Gasteiger partial charge in [-0.05, 0) is 49.7 Å². The molecule has 122 valence electrons. The normalized spacial score (nSPS) is 10.2. The van der Waals surface area contributed by atoms with Crippen LogP contribution in [0.2, 0.25) is 0 Å². The summed E-state index contributed by atoms with van der Waals surface area (Å²) in [6, 6.07) is 15.6. The number of nitrogens with one attached hydrogen (secondary N) is 2. The van der Waals surface area contributed by atoms with Gasteiger partial charge in [0.15, 0.2) is 5.82 Å². The van der Waals surface area contributed by atoms with E-state index in [9.17, 15) is 0 Å². The summed E-state index contributed by atoms with van der Waals surface area (Å²) >= 11 is 0. The van der Waals surface area contributed by atoms with E-state index in [0.29, 0.717) is 18.4 Å². The number of nitrogens with zero attached hydrogens (tertiary/aromatic N) is 3. The highest BCUT2D eigenvalue weighted by Crippen LogP contribution is 2.20. The molecule has 1 heterocycles. The van der Waals surface area contributed by atoms with Gasteiger partial charge < -0.3 is 15.4 Å². The smallest absolute Gasteiger partial charge is 0.249 e. The Labute approximate surface area is 140 Å². The summed E-state index contributed by atoms with van der Waals surface area (Å²) in [5.74, 6) is 1.89. The Kier molecular flexibility index (Phi) is 4.86. The lowest BCUT2D eigenvalue weighted by Gasteiger charge is -2.10. The number of benzene rings is 2. The summed E-state index contributed by atoms with van der Waals surface area (Å²) < 4.78 is 5.43. The quantitative estimate of drug-likeness (QED) is 0.713. The lowest BCUT2D eigenvalue weighted by Crippen LogP contribution is -2.03. The van der Waals surface area contributed by atoms with E-state index in [4.69, 9.17) is 4.74 Å². The van der Waals surface area contributed by atoms with Gasteiger partial charge >= 0.3 is 0 Å². The third kappa shape index (κ3) is 3.98. The number of aromatic nitrogens is 3. The largest absolute Gasteiger partial charge is 0.494 e. The van der Waals surface area contributed by atoms with Crippen LogP contribution in [0.5, 0.6) is 5.75 Å². The first kappa shape index (κ1) is 15.7. The van der Waals surface area contributed by atoms with Crippen molar-refractivity contribution in [2.45, 2.75) is 13.8 Å². The van der Waals surface area contributed by atoms with Crippen molar-refractivity contribution in [3.63, 3.8) is 0 Å². The molecule has 24 heavy (non-hydrogen) atoms.